The summed E-state index contributed by atoms with van der Waals surface area (Å²) >= 11 is 3.36. The van der Waals surface area contributed by atoms with Crippen LogP contribution in [-0.4, -0.2) is 30.8 Å². The van der Waals surface area contributed by atoms with Crippen LogP contribution in [0, 0.1) is 0 Å². The van der Waals surface area contributed by atoms with Gasteiger partial charge in [0, 0.05) is 29.8 Å². The quantitative estimate of drug-likeness (QED) is 0.746. The summed E-state index contributed by atoms with van der Waals surface area (Å²) < 4.78 is 27.4. The lowest BCUT2D eigenvalue weighted by atomic mass is 10.1. The molecule has 0 saturated carbocycles. The van der Waals surface area contributed by atoms with Crippen LogP contribution in [0.25, 0.3) is 0 Å². The molecule has 5 nitrogen and oxygen atoms in total. The molecular weight excluding hydrogens is 390 g/mol. The maximum absolute atomic E-state index is 12.5. The van der Waals surface area contributed by atoms with Gasteiger partial charge in [0.1, 0.15) is 5.82 Å². The van der Waals surface area contributed by atoms with Crippen LogP contribution >= 0.6 is 15.9 Å². The lowest BCUT2D eigenvalue weighted by molar-refractivity contribution is 0.445. The average Bonchev–Trinajstić information content (AvgIpc) is 2.58. The summed E-state index contributed by atoms with van der Waals surface area (Å²) in [5.41, 5.74) is 0.998. The zero-order chi connectivity index (χ0) is 17.7. The van der Waals surface area contributed by atoms with E-state index in [1.807, 2.05) is 45.0 Å². The molecule has 0 spiro atoms. The lowest BCUT2D eigenvalue weighted by Gasteiger charge is -2.19. The molecule has 0 bridgehead atoms. The fourth-order valence-electron chi connectivity index (χ4n) is 2.41. The van der Waals surface area contributed by atoms with Crippen LogP contribution in [0.4, 0.5) is 5.82 Å². The van der Waals surface area contributed by atoms with E-state index < -0.39 is 10.0 Å². The number of benzene rings is 1. The molecule has 0 saturated heterocycles. The van der Waals surface area contributed by atoms with Gasteiger partial charge in [-0.15, -0.1) is 0 Å². The Hall–Kier alpha value is -1.44. The van der Waals surface area contributed by atoms with Gasteiger partial charge in [-0.2, -0.15) is 4.31 Å². The van der Waals surface area contributed by atoms with Crippen molar-refractivity contribution in [1.82, 2.24) is 9.29 Å². The second-order valence-electron chi connectivity index (χ2n) is 5.39. The number of rotatable bonds is 7. The second kappa shape index (κ2) is 8.09. The number of sulfonamides is 1. The van der Waals surface area contributed by atoms with Crippen LogP contribution in [0.15, 0.2) is 52.0 Å². The van der Waals surface area contributed by atoms with E-state index in [9.17, 15) is 8.42 Å². The highest BCUT2D eigenvalue weighted by molar-refractivity contribution is 9.10. The zero-order valence-electron chi connectivity index (χ0n) is 14.0. The largest absolute Gasteiger partial charge is 0.364 e. The highest BCUT2D eigenvalue weighted by atomic mass is 79.9. The van der Waals surface area contributed by atoms with Gasteiger partial charge in [-0.1, -0.05) is 26.0 Å². The number of nitrogens with one attached hydrogen (secondary N) is 1. The summed E-state index contributed by atoms with van der Waals surface area (Å²) in [6, 6.07) is 10.8. The molecule has 7 heteroatoms. The minimum absolute atomic E-state index is 0.0175. The van der Waals surface area contributed by atoms with Crippen molar-refractivity contribution in [2.45, 2.75) is 31.7 Å². The zero-order valence-corrected chi connectivity index (χ0v) is 16.4. The Morgan fingerprint density at radius 3 is 2.25 bits per heavy atom. The standard InChI is InChI=1S/C17H22BrN3O2S/c1-4-21(5-2)24(22,23)16-9-6-14(7-10-16)13(3)20-17-11-8-15(18)12-19-17/h6-13H,4-5H2,1-3H3,(H,19,20). The summed E-state index contributed by atoms with van der Waals surface area (Å²) in [5, 5.41) is 3.30. The predicted octanol–water partition coefficient (Wildman–Crippen LogP) is 4.05. The van der Waals surface area contributed by atoms with Crippen LogP contribution in [0.2, 0.25) is 0 Å². The summed E-state index contributed by atoms with van der Waals surface area (Å²) in [7, 11) is -3.41. The Labute approximate surface area is 152 Å². The lowest BCUT2D eigenvalue weighted by Crippen LogP contribution is -2.30. The molecule has 24 heavy (non-hydrogen) atoms. The molecular formula is C17H22BrN3O2S. The normalized spacial score (nSPS) is 13.0. The van der Waals surface area contributed by atoms with Crippen molar-refractivity contribution in [3.63, 3.8) is 0 Å². The third kappa shape index (κ3) is 4.34. The van der Waals surface area contributed by atoms with Gasteiger partial charge in [-0.3, -0.25) is 0 Å². The van der Waals surface area contributed by atoms with E-state index in [0.717, 1.165) is 15.9 Å². The van der Waals surface area contributed by atoms with Gasteiger partial charge in [-0.25, -0.2) is 13.4 Å². The second-order valence-corrected chi connectivity index (χ2v) is 8.24. The number of pyridine rings is 1. The van der Waals surface area contributed by atoms with Crippen LogP contribution in [-0.2, 0) is 10.0 Å². The molecule has 2 aromatic rings. The Morgan fingerprint density at radius 1 is 1.12 bits per heavy atom. The van der Waals surface area contributed by atoms with E-state index in [2.05, 4.69) is 26.2 Å². The maximum atomic E-state index is 12.5. The Kier molecular flexibility index (Phi) is 6.37. The molecule has 0 amide bonds. The van der Waals surface area contributed by atoms with Gasteiger partial charge in [0.15, 0.2) is 0 Å². The summed E-state index contributed by atoms with van der Waals surface area (Å²) in [4.78, 5) is 4.61. The third-order valence-corrected chi connectivity index (χ3v) is 6.35. The van der Waals surface area contributed by atoms with Crippen molar-refractivity contribution in [3.8, 4) is 0 Å². The molecule has 1 N–H and O–H groups in total. The minimum Gasteiger partial charge on any atom is -0.364 e. The molecule has 0 fully saturated rings. The van der Waals surface area contributed by atoms with E-state index in [0.29, 0.717) is 18.0 Å². The smallest absolute Gasteiger partial charge is 0.243 e. The molecule has 0 aliphatic rings. The number of nitrogens with zero attached hydrogens (tertiary/aromatic N) is 2. The van der Waals surface area contributed by atoms with Crippen molar-refractivity contribution in [2.75, 3.05) is 18.4 Å². The molecule has 1 heterocycles. The number of hydrogen-bond acceptors (Lipinski definition) is 4. The fourth-order valence-corrected chi connectivity index (χ4v) is 4.10. The predicted molar refractivity (Wildman–Crippen MR) is 101 cm³/mol. The molecule has 2 rings (SSSR count). The van der Waals surface area contributed by atoms with Crippen molar-refractivity contribution >= 4 is 31.8 Å². The molecule has 0 radical (unpaired) electrons. The van der Waals surface area contributed by atoms with E-state index in [-0.39, 0.29) is 6.04 Å². The number of aromatic nitrogens is 1. The summed E-state index contributed by atoms with van der Waals surface area (Å²) in [6.07, 6.45) is 1.73. The SMILES string of the molecule is CCN(CC)S(=O)(=O)c1ccc(C(C)Nc2ccc(Br)cn2)cc1. The van der Waals surface area contributed by atoms with Crippen LogP contribution < -0.4 is 5.32 Å². The van der Waals surface area contributed by atoms with E-state index in [4.69, 9.17) is 0 Å². The van der Waals surface area contributed by atoms with Crippen molar-refractivity contribution in [2.24, 2.45) is 0 Å². The van der Waals surface area contributed by atoms with Crippen LogP contribution in [0.5, 0.6) is 0 Å². The molecule has 0 aliphatic carbocycles. The highest BCUT2D eigenvalue weighted by Gasteiger charge is 2.21. The van der Waals surface area contributed by atoms with Gasteiger partial charge in [0.25, 0.3) is 0 Å². The van der Waals surface area contributed by atoms with Gasteiger partial charge >= 0.3 is 0 Å². The molecule has 1 atom stereocenters. The van der Waals surface area contributed by atoms with Gasteiger partial charge in [0.2, 0.25) is 10.0 Å². The summed E-state index contributed by atoms with van der Waals surface area (Å²) in [5.74, 6) is 0.769. The first kappa shape index (κ1) is 18.9. The van der Waals surface area contributed by atoms with Crippen molar-refractivity contribution in [1.29, 1.82) is 0 Å². The van der Waals surface area contributed by atoms with Gasteiger partial charge in [0.05, 0.1) is 4.90 Å². The van der Waals surface area contributed by atoms with Crippen molar-refractivity contribution < 1.29 is 8.42 Å². The molecule has 1 unspecified atom stereocenters. The third-order valence-electron chi connectivity index (χ3n) is 3.82. The van der Waals surface area contributed by atoms with E-state index >= 15 is 0 Å². The molecule has 1 aromatic heterocycles. The molecule has 130 valence electrons. The van der Waals surface area contributed by atoms with Crippen LogP contribution in [0.1, 0.15) is 32.4 Å². The Morgan fingerprint density at radius 2 is 1.75 bits per heavy atom. The fraction of sp³-hybridized carbons (Fsp3) is 0.353. The number of halogens is 1. The number of anilines is 1. The first-order valence-corrected chi connectivity index (χ1v) is 10.1. The van der Waals surface area contributed by atoms with E-state index in [1.54, 1.807) is 18.3 Å². The maximum Gasteiger partial charge on any atom is 0.243 e. The molecule has 1 aromatic carbocycles. The average molecular weight is 412 g/mol. The monoisotopic (exact) mass is 411 g/mol. The summed E-state index contributed by atoms with van der Waals surface area (Å²) in [6.45, 7) is 6.62. The van der Waals surface area contributed by atoms with Gasteiger partial charge < -0.3 is 5.32 Å². The first-order chi connectivity index (χ1) is 11.4. The number of hydrogen-bond donors (Lipinski definition) is 1. The van der Waals surface area contributed by atoms with Crippen LogP contribution in [0.3, 0.4) is 0 Å². The van der Waals surface area contributed by atoms with Gasteiger partial charge in [-0.05, 0) is 52.7 Å². The minimum atomic E-state index is -3.41. The Bertz CT molecular complexity index is 757. The highest BCUT2D eigenvalue weighted by Crippen LogP contribution is 2.22. The first-order valence-electron chi connectivity index (χ1n) is 7.86. The van der Waals surface area contributed by atoms with Crippen molar-refractivity contribution in [3.05, 3.63) is 52.6 Å². The Balaban J connectivity index is 2.15. The topological polar surface area (TPSA) is 62.3 Å². The molecule has 0 aliphatic heterocycles. The van der Waals surface area contributed by atoms with E-state index in [1.165, 1.54) is 4.31 Å².